The summed E-state index contributed by atoms with van der Waals surface area (Å²) < 4.78 is 41.1. The van der Waals surface area contributed by atoms with E-state index in [1.807, 2.05) is 38.1 Å². The van der Waals surface area contributed by atoms with Crippen molar-refractivity contribution in [1.82, 2.24) is 10.2 Å². The molecule has 0 aromatic heterocycles. The number of anilines is 1. The van der Waals surface area contributed by atoms with Crippen LogP contribution in [0.1, 0.15) is 92.1 Å². The van der Waals surface area contributed by atoms with Crippen LogP contribution in [0.4, 0.5) is 18.9 Å². The number of halogens is 3. The number of benzene rings is 1. The Morgan fingerprint density at radius 1 is 1.16 bits per heavy atom. The normalized spacial score (nSPS) is 19.6. The molecule has 2 fully saturated rings. The topological polar surface area (TPSA) is 52.7 Å². The van der Waals surface area contributed by atoms with Crippen LogP contribution in [0, 0.1) is 12.3 Å². The van der Waals surface area contributed by atoms with Crippen LogP contribution in [0.15, 0.2) is 60.5 Å². The van der Waals surface area contributed by atoms with E-state index in [1.165, 1.54) is 18.2 Å². The quantitative estimate of drug-likeness (QED) is 0.183. The van der Waals surface area contributed by atoms with Crippen molar-refractivity contribution in [2.24, 2.45) is 0 Å². The molecule has 2 amide bonds. The zero-order chi connectivity index (χ0) is 33.5. The number of allylic oxidation sites excluding steroid dienone is 3. The van der Waals surface area contributed by atoms with Crippen molar-refractivity contribution in [2.45, 2.75) is 116 Å². The zero-order valence-electron chi connectivity index (χ0n) is 27.6. The molecular weight excluding hydrogens is 563 g/mol. The summed E-state index contributed by atoms with van der Waals surface area (Å²) in [4.78, 5) is 27.1. The third-order valence-electron chi connectivity index (χ3n) is 7.84. The number of likely N-dealkylation sites (tertiary alicyclic amines) is 1. The monoisotopic (exact) mass is 615 g/mol. The molecule has 0 spiro atoms. The summed E-state index contributed by atoms with van der Waals surface area (Å²) in [5.74, 6) is -0.917. The largest absolute Gasteiger partial charge is 0.359 e. The van der Waals surface area contributed by atoms with Gasteiger partial charge < -0.3 is 15.1 Å². The van der Waals surface area contributed by atoms with Crippen LogP contribution in [0.3, 0.4) is 0 Å². The number of likely N-dealkylation sites (N-methyl/N-ethyl adjacent to an activating group) is 1. The first-order valence-electron chi connectivity index (χ1n) is 15.6. The summed E-state index contributed by atoms with van der Waals surface area (Å²) >= 11 is 0. The number of amides is 2. The number of terminal acetylenes is 1. The van der Waals surface area contributed by atoms with E-state index >= 15 is 0 Å². The van der Waals surface area contributed by atoms with Crippen molar-refractivity contribution in [1.29, 1.82) is 0 Å². The molecule has 244 valence electrons. The van der Waals surface area contributed by atoms with Gasteiger partial charge in [-0.25, -0.2) is 13.2 Å². The number of hydrogen-bond donors (Lipinski definition) is 1. The average molecular weight is 616 g/mol. The lowest BCUT2D eigenvalue weighted by molar-refractivity contribution is -0.123. The number of rotatable bonds is 8. The minimum Gasteiger partial charge on any atom is -0.359 e. The number of piperidine rings is 1. The molecule has 1 aromatic carbocycles. The SMILES string of the molecule is C#CC1CCCCN1C=O.C=C/C(=C\C(F)=C/C)C(C(=O)NC1CCC(F)(F)CC1)N(C)c1ccc(C(C)(C)C)cc1.CC. The molecule has 0 bridgehead atoms. The highest BCUT2D eigenvalue weighted by atomic mass is 19.3. The van der Waals surface area contributed by atoms with Gasteiger partial charge in [0.2, 0.25) is 18.2 Å². The molecule has 2 atom stereocenters. The highest BCUT2D eigenvalue weighted by molar-refractivity contribution is 5.89. The fourth-order valence-corrected chi connectivity index (χ4v) is 5.11. The van der Waals surface area contributed by atoms with Crippen LogP contribution in [0.25, 0.3) is 0 Å². The Hall–Kier alpha value is -3.47. The Bertz CT molecular complexity index is 1150. The predicted molar refractivity (Wildman–Crippen MR) is 176 cm³/mol. The molecule has 1 aliphatic heterocycles. The molecule has 3 rings (SSSR count). The van der Waals surface area contributed by atoms with Crippen LogP contribution in [0.5, 0.6) is 0 Å². The van der Waals surface area contributed by atoms with Crippen LogP contribution in [-0.4, -0.2) is 54.9 Å². The van der Waals surface area contributed by atoms with E-state index in [9.17, 15) is 22.8 Å². The molecule has 2 aliphatic rings. The molecule has 8 heteroatoms. The van der Waals surface area contributed by atoms with Gasteiger partial charge in [0.25, 0.3) is 0 Å². The van der Waals surface area contributed by atoms with E-state index in [0.29, 0.717) is 5.57 Å². The van der Waals surface area contributed by atoms with Crippen LogP contribution >= 0.6 is 0 Å². The Morgan fingerprint density at radius 2 is 1.75 bits per heavy atom. The lowest BCUT2D eigenvalue weighted by Gasteiger charge is -2.34. The molecule has 1 heterocycles. The van der Waals surface area contributed by atoms with Crippen molar-refractivity contribution >= 4 is 18.0 Å². The standard InChI is InChI=1S/C26H35F3N2O.C8H11NO.C2H6/c1-7-18(17-20(27)8-2)23(24(32)30-21-13-15-26(28,29)16-14-21)31(6)22-11-9-19(10-12-22)25(3,4)5;1-2-8-5-3-4-6-9(8)7-10;1-2/h7-12,17,21,23H,1,13-16H2,2-6H3,(H,30,32);1,7-8H,3-6H2;1-2H3/b18-17+,20-8+;;. The van der Waals surface area contributed by atoms with Crippen molar-refractivity contribution in [3.63, 3.8) is 0 Å². The van der Waals surface area contributed by atoms with Gasteiger partial charge in [0.05, 0.1) is 6.04 Å². The molecule has 1 aromatic rings. The number of alkyl halides is 2. The van der Waals surface area contributed by atoms with E-state index in [0.717, 1.165) is 43.5 Å². The third kappa shape index (κ3) is 11.9. The number of nitrogens with one attached hydrogen (secondary N) is 1. The van der Waals surface area contributed by atoms with Crippen LogP contribution in [-0.2, 0) is 15.0 Å². The maximum absolute atomic E-state index is 14.1. The van der Waals surface area contributed by atoms with Gasteiger partial charge in [0, 0.05) is 38.2 Å². The molecule has 1 saturated carbocycles. The second-order valence-electron chi connectivity index (χ2n) is 12.0. The van der Waals surface area contributed by atoms with E-state index in [1.54, 1.807) is 23.8 Å². The Labute approximate surface area is 263 Å². The van der Waals surface area contributed by atoms with Gasteiger partial charge >= 0.3 is 0 Å². The summed E-state index contributed by atoms with van der Waals surface area (Å²) in [5, 5.41) is 2.90. The molecule has 44 heavy (non-hydrogen) atoms. The van der Waals surface area contributed by atoms with Gasteiger partial charge in [-0.3, -0.25) is 9.59 Å². The fourth-order valence-electron chi connectivity index (χ4n) is 5.11. The molecule has 1 aliphatic carbocycles. The van der Waals surface area contributed by atoms with Gasteiger partial charge in [0.1, 0.15) is 11.9 Å². The van der Waals surface area contributed by atoms with E-state index < -0.39 is 17.8 Å². The molecule has 2 unspecified atom stereocenters. The third-order valence-corrected chi connectivity index (χ3v) is 7.84. The van der Waals surface area contributed by atoms with Gasteiger partial charge in [-0.15, -0.1) is 6.42 Å². The van der Waals surface area contributed by atoms with E-state index in [-0.39, 0.29) is 49.1 Å². The summed E-state index contributed by atoms with van der Waals surface area (Å²) in [6.07, 6.45) is 13.3. The van der Waals surface area contributed by atoms with Gasteiger partial charge in [-0.2, -0.15) is 0 Å². The summed E-state index contributed by atoms with van der Waals surface area (Å²) in [6.45, 7) is 16.5. The first-order chi connectivity index (χ1) is 20.8. The Morgan fingerprint density at radius 3 is 2.20 bits per heavy atom. The van der Waals surface area contributed by atoms with Crippen LogP contribution < -0.4 is 10.2 Å². The molecular formula is C36H52F3N3O2. The number of nitrogens with zero attached hydrogens (tertiary/aromatic N) is 2. The second-order valence-corrected chi connectivity index (χ2v) is 12.0. The smallest absolute Gasteiger partial charge is 0.248 e. The molecule has 1 saturated heterocycles. The van der Waals surface area contributed by atoms with Gasteiger partial charge in [-0.05, 0) is 73.8 Å². The average Bonchev–Trinajstić information content (AvgIpc) is 3.02. The maximum atomic E-state index is 14.1. The first kappa shape index (κ1) is 38.6. The fraction of sp³-hybridized carbons (Fsp3) is 0.556. The van der Waals surface area contributed by atoms with E-state index in [2.05, 4.69) is 38.6 Å². The Kier molecular flexibility index (Phi) is 16.1. The lowest BCUT2D eigenvalue weighted by Crippen LogP contribution is -2.50. The maximum Gasteiger partial charge on any atom is 0.248 e. The summed E-state index contributed by atoms with van der Waals surface area (Å²) in [6, 6.07) is 6.73. The Balaban J connectivity index is 0.000000675. The van der Waals surface area contributed by atoms with Gasteiger partial charge in [-0.1, -0.05) is 71.4 Å². The highest BCUT2D eigenvalue weighted by Gasteiger charge is 2.37. The molecule has 1 N–H and O–H groups in total. The number of carbonyl (C=O) groups excluding carboxylic acids is 2. The summed E-state index contributed by atoms with van der Waals surface area (Å²) in [7, 11) is 1.76. The molecule has 5 nitrogen and oxygen atoms in total. The number of hydrogen-bond acceptors (Lipinski definition) is 3. The zero-order valence-corrected chi connectivity index (χ0v) is 27.6. The van der Waals surface area contributed by atoms with Crippen LogP contribution in [0.2, 0.25) is 0 Å². The van der Waals surface area contributed by atoms with Crippen molar-refractivity contribution in [2.75, 3.05) is 18.5 Å². The van der Waals surface area contributed by atoms with Gasteiger partial charge in [0.15, 0.2) is 0 Å². The number of carbonyl (C=O) groups is 2. The summed E-state index contributed by atoms with van der Waals surface area (Å²) in [5.41, 5.74) is 2.31. The minimum atomic E-state index is -2.67. The predicted octanol–water partition coefficient (Wildman–Crippen LogP) is 8.13. The van der Waals surface area contributed by atoms with E-state index in [4.69, 9.17) is 6.42 Å². The van der Waals surface area contributed by atoms with Crippen molar-refractivity contribution in [3.05, 3.63) is 66.0 Å². The van der Waals surface area contributed by atoms with Crippen molar-refractivity contribution < 1.29 is 22.8 Å². The first-order valence-corrected chi connectivity index (χ1v) is 15.6. The second kappa shape index (κ2) is 18.4. The molecule has 0 radical (unpaired) electrons. The minimum absolute atomic E-state index is 0.0157. The highest BCUT2D eigenvalue weighted by Crippen LogP contribution is 2.33. The lowest BCUT2D eigenvalue weighted by atomic mass is 9.87. The van der Waals surface area contributed by atoms with Crippen molar-refractivity contribution in [3.8, 4) is 12.3 Å².